The molecule has 0 fully saturated rings. The Labute approximate surface area is 171 Å². The van der Waals surface area contributed by atoms with E-state index in [0.717, 1.165) is 12.1 Å². The molecule has 0 bridgehead atoms. The van der Waals surface area contributed by atoms with Crippen LogP contribution in [0.4, 0.5) is 13.2 Å². The fourth-order valence-corrected chi connectivity index (χ4v) is 3.19. The van der Waals surface area contributed by atoms with Gasteiger partial charge in [-0.1, -0.05) is 23.2 Å². The molecule has 0 saturated heterocycles. The Morgan fingerprint density at radius 3 is 2.03 bits per heavy atom. The summed E-state index contributed by atoms with van der Waals surface area (Å²) in [4.78, 5) is 15.8. The topological polar surface area (TPSA) is 51.3 Å². The molecule has 4 aromatic rings. The Balaban J connectivity index is 1.67. The molecule has 0 spiro atoms. The number of aromatic amines is 1. The van der Waals surface area contributed by atoms with Crippen molar-refractivity contribution in [2.24, 2.45) is 0 Å². The van der Waals surface area contributed by atoms with E-state index in [1.54, 1.807) is 24.3 Å². The minimum absolute atomic E-state index is 0.215. The van der Waals surface area contributed by atoms with Crippen molar-refractivity contribution >= 4 is 45.0 Å². The van der Waals surface area contributed by atoms with Gasteiger partial charge >= 0.3 is 6.36 Å². The van der Waals surface area contributed by atoms with E-state index in [1.165, 1.54) is 18.2 Å². The first kappa shape index (κ1) is 19.4. The van der Waals surface area contributed by atoms with Crippen LogP contribution in [0.15, 0.2) is 59.4 Å². The Bertz CT molecular complexity index is 1280. The first-order valence-electron chi connectivity index (χ1n) is 8.18. The third-order valence-electron chi connectivity index (χ3n) is 4.10. The van der Waals surface area contributed by atoms with Gasteiger partial charge in [0.1, 0.15) is 17.2 Å². The lowest BCUT2D eigenvalue weighted by molar-refractivity contribution is -0.274. The van der Waals surface area contributed by atoms with Crippen molar-refractivity contribution in [3.05, 3.63) is 74.9 Å². The van der Waals surface area contributed by atoms with Crippen LogP contribution in [0.1, 0.15) is 0 Å². The summed E-state index contributed by atoms with van der Waals surface area (Å²) in [6.07, 6.45) is -4.76. The summed E-state index contributed by atoms with van der Waals surface area (Å²) in [5.41, 5.74) is 0.811. The number of H-pyrrole nitrogens is 1. The number of aromatic nitrogens is 1. The van der Waals surface area contributed by atoms with Crippen LogP contribution in [0.25, 0.3) is 21.8 Å². The van der Waals surface area contributed by atoms with Crippen LogP contribution < -0.4 is 14.9 Å². The van der Waals surface area contributed by atoms with Gasteiger partial charge in [0.05, 0.1) is 21.1 Å². The molecule has 148 valence electrons. The molecule has 0 unspecified atom stereocenters. The maximum atomic E-state index is 12.7. The molecule has 0 aliphatic rings. The molecule has 4 nitrogen and oxygen atoms in total. The predicted molar refractivity (Wildman–Crippen MR) is 105 cm³/mol. The van der Waals surface area contributed by atoms with E-state index >= 15 is 0 Å². The molecule has 1 heterocycles. The van der Waals surface area contributed by atoms with Gasteiger partial charge in [-0.2, -0.15) is 0 Å². The number of alkyl halides is 3. The summed E-state index contributed by atoms with van der Waals surface area (Å²) < 4.78 is 46.2. The summed E-state index contributed by atoms with van der Waals surface area (Å²) in [5.74, 6) is 0.337. The van der Waals surface area contributed by atoms with Gasteiger partial charge in [0.15, 0.2) is 5.43 Å². The number of halogens is 5. The van der Waals surface area contributed by atoms with Gasteiger partial charge in [-0.25, -0.2) is 0 Å². The number of hydrogen-bond acceptors (Lipinski definition) is 3. The molecule has 0 radical (unpaired) electrons. The van der Waals surface area contributed by atoms with E-state index in [-0.39, 0.29) is 16.2 Å². The summed E-state index contributed by atoms with van der Waals surface area (Å²) in [5, 5.41) is 1.42. The fourth-order valence-electron chi connectivity index (χ4n) is 2.86. The number of hydrogen-bond donors (Lipinski definition) is 1. The second-order valence-corrected chi connectivity index (χ2v) is 6.91. The van der Waals surface area contributed by atoms with Crippen molar-refractivity contribution in [2.75, 3.05) is 0 Å². The Morgan fingerprint density at radius 2 is 1.34 bits per heavy atom. The van der Waals surface area contributed by atoms with Gasteiger partial charge in [-0.15, -0.1) is 13.2 Å². The number of fused-ring (bicyclic) bond motifs is 2. The first-order chi connectivity index (χ1) is 13.7. The average Bonchev–Trinajstić information content (AvgIpc) is 2.64. The average molecular weight is 440 g/mol. The summed E-state index contributed by atoms with van der Waals surface area (Å²) in [7, 11) is 0. The molecule has 4 rings (SSSR count). The van der Waals surface area contributed by atoms with Crippen molar-refractivity contribution in [1.82, 2.24) is 4.98 Å². The van der Waals surface area contributed by atoms with Crippen molar-refractivity contribution in [3.63, 3.8) is 0 Å². The quantitative estimate of drug-likeness (QED) is 0.362. The summed E-state index contributed by atoms with van der Waals surface area (Å²) in [6.45, 7) is 0. The van der Waals surface area contributed by atoms with Crippen molar-refractivity contribution in [2.45, 2.75) is 6.36 Å². The fraction of sp³-hybridized carbons (Fsp3) is 0.0500. The standard InChI is InChI=1S/C20H10Cl2F3NO3/c21-15-8-14-18(9-16(15)22)26-17-7-12(5-6-13(17)19(14)27)28-10-1-3-11(4-2-10)29-20(23,24)25/h1-9H,(H,26,27). The minimum atomic E-state index is -4.76. The van der Waals surface area contributed by atoms with Crippen LogP contribution in [0, 0.1) is 0 Å². The molecule has 0 aliphatic heterocycles. The van der Waals surface area contributed by atoms with Crippen LogP contribution in [-0.4, -0.2) is 11.3 Å². The number of rotatable bonds is 3. The largest absolute Gasteiger partial charge is 0.573 e. The van der Waals surface area contributed by atoms with Crippen LogP contribution in [-0.2, 0) is 0 Å². The second-order valence-electron chi connectivity index (χ2n) is 6.09. The third-order valence-corrected chi connectivity index (χ3v) is 4.83. The lowest BCUT2D eigenvalue weighted by Crippen LogP contribution is -2.16. The maximum absolute atomic E-state index is 12.7. The number of ether oxygens (including phenoxy) is 2. The lowest BCUT2D eigenvalue weighted by atomic mass is 10.1. The molecular weight excluding hydrogens is 430 g/mol. The van der Waals surface area contributed by atoms with Crippen LogP contribution in [0.2, 0.25) is 10.0 Å². The van der Waals surface area contributed by atoms with Crippen molar-refractivity contribution in [3.8, 4) is 17.2 Å². The Kier molecular flexibility index (Phi) is 4.80. The molecule has 0 aliphatic carbocycles. The lowest BCUT2D eigenvalue weighted by Gasteiger charge is -2.11. The van der Waals surface area contributed by atoms with Gasteiger partial charge in [0, 0.05) is 16.8 Å². The highest BCUT2D eigenvalue weighted by Gasteiger charge is 2.31. The second kappa shape index (κ2) is 7.17. The van der Waals surface area contributed by atoms with Gasteiger partial charge in [0.25, 0.3) is 0 Å². The number of benzene rings is 3. The Morgan fingerprint density at radius 1 is 0.759 bits per heavy atom. The van der Waals surface area contributed by atoms with Gasteiger partial charge < -0.3 is 14.5 Å². The molecule has 29 heavy (non-hydrogen) atoms. The van der Waals surface area contributed by atoms with E-state index in [4.69, 9.17) is 27.9 Å². The van der Waals surface area contributed by atoms with Crippen molar-refractivity contribution in [1.29, 1.82) is 0 Å². The minimum Gasteiger partial charge on any atom is -0.457 e. The van der Waals surface area contributed by atoms with Crippen LogP contribution in [0.5, 0.6) is 17.2 Å². The highest BCUT2D eigenvalue weighted by Crippen LogP contribution is 2.30. The van der Waals surface area contributed by atoms with Gasteiger partial charge in [-0.3, -0.25) is 4.79 Å². The number of nitrogens with one attached hydrogen (secondary N) is 1. The molecule has 9 heteroatoms. The SMILES string of the molecule is O=c1c2ccc(Oc3ccc(OC(F)(F)F)cc3)cc2[nH]c2cc(Cl)c(Cl)cc12. The van der Waals surface area contributed by atoms with E-state index in [0.29, 0.717) is 38.3 Å². The zero-order chi connectivity index (χ0) is 20.8. The molecule has 3 aromatic carbocycles. The third kappa shape index (κ3) is 4.11. The molecule has 1 N–H and O–H groups in total. The van der Waals surface area contributed by atoms with E-state index < -0.39 is 6.36 Å². The van der Waals surface area contributed by atoms with Gasteiger partial charge in [0.2, 0.25) is 0 Å². The van der Waals surface area contributed by atoms with E-state index in [1.807, 2.05) is 0 Å². The zero-order valence-electron chi connectivity index (χ0n) is 14.3. The zero-order valence-corrected chi connectivity index (χ0v) is 15.8. The molecular formula is C20H10Cl2F3NO3. The Hall–Kier alpha value is -2.90. The van der Waals surface area contributed by atoms with E-state index in [2.05, 4.69) is 9.72 Å². The maximum Gasteiger partial charge on any atom is 0.573 e. The summed E-state index contributed by atoms with van der Waals surface area (Å²) in [6, 6.07) is 12.8. The highest BCUT2D eigenvalue weighted by molar-refractivity contribution is 6.42. The monoisotopic (exact) mass is 439 g/mol. The molecule has 0 atom stereocenters. The van der Waals surface area contributed by atoms with Gasteiger partial charge in [-0.05, 0) is 48.5 Å². The molecule has 1 aromatic heterocycles. The van der Waals surface area contributed by atoms with Crippen molar-refractivity contribution < 1.29 is 22.6 Å². The molecule has 0 saturated carbocycles. The number of pyridine rings is 1. The van der Waals surface area contributed by atoms with Crippen LogP contribution in [0.3, 0.4) is 0 Å². The highest BCUT2D eigenvalue weighted by atomic mass is 35.5. The normalized spacial score (nSPS) is 11.8. The predicted octanol–water partition coefficient (Wildman–Crippen LogP) is 6.68. The smallest absolute Gasteiger partial charge is 0.457 e. The van der Waals surface area contributed by atoms with Crippen LogP contribution >= 0.6 is 23.2 Å². The molecule has 0 amide bonds. The first-order valence-corrected chi connectivity index (χ1v) is 8.94. The van der Waals surface area contributed by atoms with E-state index in [9.17, 15) is 18.0 Å². The summed E-state index contributed by atoms with van der Waals surface area (Å²) >= 11 is 12.0.